The van der Waals surface area contributed by atoms with Gasteiger partial charge in [-0.3, -0.25) is 14.2 Å². The minimum Gasteiger partial charge on any atom is -0.324 e. The highest BCUT2D eigenvalue weighted by Gasteiger charge is 2.17. The highest BCUT2D eigenvalue weighted by atomic mass is 16.2. The minimum absolute atomic E-state index is 0.211. The Morgan fingerprint density at radius 3 is 2.03 bits per heavy atom. The lowest BCUT2D eigenvalue weighted by atomic mass is 10.1. The number of carbonyl (C=O) groups is 1. The lowest BCUT2D eigenvalue weighted by molar-refractivity contribution is -0.116. The summed E-state index contributed by atoms with van der Waals surface area (Å²) >= 11 is 0. The molecule has 0 saturated heterocycles. The zero-order valence-corrected chi connectivity index (χ0v) is 19.5. The van der Waals surface area contributed by atoms with E-state index in [0.29, 0.717) is 16.6 Å². The van der Waals surface area contributed by atoms with Gasteiger partial charge in [0, 0.05) is 5.69 Å². The number of benzene rings is 3. The molecular formula is C27H27N3O3. The summed E-state index contributed by atoms with van der Waals surface area (Å²) in [6.07, 6.45) is 0. The van der Waals surface area contributed by atoms with Crippen molar-refractivity contribution in [1.29, 1.82) is 0 Å². The Bertz CT molecular complexity index is 1480. The number of nitrogens with one attached hydrogen (secondary N) is 1. The van der Waals surface area contributed by atoms with E-state index in [4.69, 9.17) is 0 Å². The van der Waals surface area contributed by atoms with Crippen LogP contribution in [0.2, 0.25) is 0 Å². The van der Waals surface area contributed by atoms with Crippen LogP contribution in [0, 0.1) is 34.6 Å². The summed E-state index contributed by atoms with van der Waals surface area (Å²) < 4.78 is 2.51. The SMILES string of the molecule is Cc1cc(C)cc(-n2c(=O)c3ccccc3n(CC(=O)Nc3c(C)cc(C)cc3C)c2=O)c1. The van der Waals surface area contributed by atoms with Gasteiger partial charge in [-0.15, -0.1) is 0 Å². The minimum atomic E-state index is -0.545. The van der Waals surface area contributed by atoms with Crippen molar-refractivity contribution in [2.24, 2.45) is 0 Å². The van der Waals surface area contributed by atoms with Crippen LogP contribution in [-0.2, 0) is 11.3 Å². The maximum absolute atomic E-state index is 13.5. The third-order valence-electron chi connectivity index (χ3n) is 5.76. The monoisotopic (exact) mass is 441 g/mol. The Morgan fingerprint density at radius 1 is 0.818 bits per heavy atom. The number of carbonyl (C=O) groups excluding carboxylic acids is 1. The van der Waals surface area contributed by atoms with Gasteiger partial charge in [0.25, 0.3) is 5.56 Å². The number of anilines is 1. The van der Waals surface area contributed by atoms with E-state index in [0.717, 1.165) is 38.1 Å². The van der Waals surface area contributed by atoms with Gasteiger partial charge in [-0.2, -0.15) is 0 Å². The molecule has 4 aromatic rings. The summed E-state index contributed by atoms with van der Waals surface area (Å²) in [5.41, 5.74) is 5.64. The molecule has 0 atom stereocenters. The second-order valence-electron chi connectivity index (χ2n) is 8.69. The van der Waals surface area contributed by atoms with Crippen LogP contribution < -0.4 is 16.6 Å². The zero-order valence-electron chi connectivity index (χ0n) is 19.5. The second kappa shape index (κ2) is 8.54. The molecule has 6 nitrogen and oxygen atoms in total. The van der Waals surface area contributed by atoms with Crippen LogP contribution in [0.25, 0.3) is 16.6 Å². The van der Waals surface area contributed by atoms with Gasteiger partial charge in [0.15, 0.2) is 0 Å². The third-order valence-corrected chi connectivity index (χ3v) is 5.76. The van der Waals surface area contributed by atoms with Crippen LogP contribution in [0.15, 0.2) is 64.2 Å². The van der Waals surface area contributed by atoms with Crippen LogP contribution in [0.3, 0.4) is 0 Å². The molecule has 0 saturated carbocycles. The van der Waals surface area contributed by atoms with Crippen molar-refractivity contribution in [1.82, 2.24) is 9.13 Å². The van der Waals surface area contributed by atoms with Gasteiger partial charge in [-0.05, 0) is 81.1 Å². The number of para-hydroxylation sites is 1. The van der Waals surface area contributed by atoms with Crippen molar-refractivity contribution >= 4 is 22.5 Å². The zero-order chi connectivity index (χ0) is 23.9. The molecule has 0 unspecified atom stereocenters. The van der Waals surface area contributed by atoms with Gasteiger partial charge in [0.05, 0.1) is 16.6 Å². The lowest BCUT2D eigenvalue weighted by Gasteiger charge is -2.16. The number of amides is 1. The first-order valence-electron chi connectivity index (χ1n) is 10.9. The molecule has 0 fully saturated rings. The van der Waals surface area contributed by atoms with Gasteiger partial charge in [0.1, 0.15) is 6.54 Å². The molecular weight excluding hydrogens is 414 g/mol. The number of fused-ring (bicyclic) bond motifs is 1. The number of nitrogens with zero attached hydrogens (tertiary/aromatic N) is 2. The first-order chi connectivity index (χ1) is 15.7. The van der Waals surface area contributed by atoms with Crippen molar-refractivity contribution in [2.75, 3.05) is 5.32 Å². The number of aryl methyl sites for hydroxylation is 5. The fraction of sp³-hybridized carbons (Fsp3) is 0.222. The fourth-order valence-corrected chi connectivity index (χ4v) is 4.48. The molecule has 33 heavy (non-hydrogen) atoms. The Labute approximate surface area is 192 Å². The average molecular weight is 442 g/mol. The van der Waals surface area contributed by atoms with Gasteiger partial charge in [-0.1, -0.05) is 35.9 Å². The first-order valence-corrected chi connectivity index (χ1v) is 10.9. The predicted octanol–water partition coefficient (Wildman–Crippen LogP) is 4.33. The summed E-state index contributed by atoms with van der Waals surface area (Å²) in [7, 11) is 0. The van der Waals surface area contributed by atoms with Crippen LogP contribution >= 0.6 is 0 Å². The highest BCUT2D eigenvalue weighted by Crippen LogP contribution is 2.22. The van der Waals surface area contributed by atoms with Crippen molar-refractivity contribution in [2.45, 2.75) is 41.2 Å². The number of hydrogen-bond acceptors (Lipinski definition) is 3. The molecule has 0 aliphatic heterocycles. The lowest BCUT2D eigenvalue weighted by Crippen LogP contribution is -2.41. The van der Waals surface area contributed by atoms with E-state index < -0.39 is 11.2 Å². The molecule has 1 amide bonds. The first kappa shape index (κ1) is 22.3. The van der Waals surface area contributed by atoms with Gasteiger partial charge >= 0.3 is 5.69 Å². The van der Waals surface area contributed by atoms with Crippen molar-refractivity contribution < 1.29 is 4.79 Å². The maximum atomic E-state index is 13.5. The van der Waals surface area contributed by atoms with E-state index in [1.165, 1.54) is 4.57 Å². The molecule has 6 heteroatoms. The highest BCUT2D eigenvalue weighted by molar-refractivity contribution is 5.93. The standard InChI is InChI=1S/C27H27N3O3/c1-16-10-17(2)14-21(13-16)30-26(32)22-8-6-7-9-23(22)29(27(30)33)15-24(31)28-25-19(4)11-18(3)12-20(25)5/h6-14H,15H2,1-5H3,(H,28,31). The van der Waals surface area contributed by atoms with Crippen LogP contribution in [0.4, 0.5) is 5.69 Å². The van der Waals surface area contributed by atoms with E-state index >= 15 is 0 Å². The Morgan fingerprint density at radius 2 is 1.39 bits per heavy atom. The molecule has 0 spiro atoms. The number of hydrogen-bond donors (Lipinski definition) is 1. The molecule has 0 aliphatic rings. The molecule has 0 radical (unpaired) electrons. The molecule has 1 N–H and O–H groups in total. The molecule has 168 valence electrons. The maximum Gasteiger partial charge on any atom is 0.336 e. The molecule has 0 bridgehead atoms. The Hall–Kier alpha value is -3.93. The summed E-state index contributed by atoms with van der Waals surface area (Å²) in [5.74, 6) is -0.331. The largest absolute Gasteiger partial charge is 0.336 e. The summed E-state index contributed by atoms with van der Waals surface area (Å²) in [4.78, 5) is 39.9. The average Bonchev–Trinajstić information content (AvgIpc) is 2.73. The number of rotatable bonds is 4. The van der Waals surface area contributed by atoms with Gasteiger partial charge < -0.3 is 5.32 Å². The third kappa shape index (κ3) is 4.24. The van der Waals surface area contributed by atoms with Crippen LogP contribution in [0.5, 0.6) is 0 Å². The topological polar surface area (TPSA) is 73.1 Å². The smallest absolute Gasteiger partial charge is 0.324 e. The summed E-state index contributed by atoms with van der Waals surface area (Å²) in [6, 6.07) is 16.5. The second-order valence-corrected chi connectivity index (χ2v) is 8.69. The van der Waals surface area contributed by atoms with E-state index in [1.54, 1.807) is 36.4 Å². The van der Waals surface area contributed by atoms with Crippen LogP contribution in [0.1, 0.15) is 27.8 Å². The normalized spacial score (nSPS) is 11.1. The van der Waals surface area contributed by atoms with Gasteiger partial charge in [0.2, 0.25) is 5.91 Å². The van der Waals surface area contributed by atoms with Crippen LogP contribution in [-0.4, -0.2) is 15.0 Å². The molecule has 4 rings (SSSR count). The molecule has 1 heterocycles. The Kier molecular flexibility index (Phi) is 5.77. The van der Waals surface area contributed by atoms with Crippen molar-refractivity contribution in [3.8, 4) is 5.69 Å². The Balaban J connectivity index is 1.85. The summed E-state index contributed by atoms with van der Waals surface area (Å²) in [6.45, 7) is 9.52. The quantitative estimate of drug-likeness (QED) is 0.512. The number of aromatic nitrogens is 2. The van der Waals surface area contributed by atoms with E-state index in [9.17, 15) is 14.4 Å². The fourth-order valence-electron chi connectivity index (χ4n) is 4.48. The van der Waals surface area contributed by atoms with E-state index in [2.05, 4.69) is 5.32 Å². The van der Waals surface area contributed by atoms with E-state index in [1.807, 2.05) is 52.8 Å². The van der Waals surface area contributed by atoms with E-state index in [-0.39, 0.29) is 12.5 Å². The molecule has 1 aromatic heterocycles. The summed E-state index contributed by atoms with van der Waals surface area (Å²) in [5, 5.41) is 3.33. The molecule has 0 aliphatic carbocycles. The van der Waals surface area contributed by atoms with Gasteiger partial charge in [-0.25, -0.2) is 9.36 Å². The molecule has 3 aromatic carbocycles. The predicted molar refractivity (Wildman–Crippen MR) is 133 cm³/mol. The van der Waals surface area contributed by atoms with Crippen molar-refractivity contribution in [3.63, 3.8) is 0 Å². The van der Waals surface area contributed by atoms with Crippen molar-refractivity contribution in [3.05, 3.63) is 103 Å².